The van der Waals surface area contributed by atoms with Crippen molar-refractivity contribution in [1.29, 1.82) is 0 Å². The molecule has 3 rings (SSSR count). The Bertz CT molecular complexity index is 706. The number of amides is 3. The van der Waals surface area contributed by atoms with Gasteiger partial charge in [0.2, 0.25) is 11.8 Å². The lowest BCUT2D eigenvalue weighted by Crippen LogP contribution is -2.49. The molecule has 0 aromatic carbocycles. The van der Waals surface area contributed by atoms with Crippen molar-refractivity contribution in [2.45, 2.75) is 27.2 Å². The van der Waals surface area contributed by atoms with Gasteiger partial charge in [-0.3, -0.25) is 9.59 Å². The normalized spacial score (nSPS) is 20.9. The van der Waals surface area contributed by atoms with Gasteiger partial charge in [0.1, 0.15) is 5.00 Å². The molecule has 8 nitrogen and oxygen atoms in total. The number of aryl methyl sites for hydroxylation is 1. The van der Waals surface area contributed by atoms with Crippen LogP contribution in [0.3, 0.4) is 0 Å². The van der Waals surface area contributed by atoms with Crippen LogP contribution in [0.1, 0.15) is 25.3 Å². The van der Waals surface area contributed by atoms with Gasteiger partial charge in [-0.05, 0) is 6.92 Å². The molecule has 1 aromatic rings. The molecule has 3 amide bonds. The van der Waals surface area contributed by atoms with Crippen molar-refractivity contribution >= 4 is 40.1 Å². The number of carboxylic acid groups (broad SMARTS) is 1. The SMILES string of the molecule is Cc1nc(N2CCN(C(=O)O)CC2)c(N2C(=O)CC(C)(C)C2=O)s1. The number of aromatic nitrogens is 1. The first-order valence-corrected chi connectivity index (χ1v) is 8.60. The van der Waals surface area contributed by atoms with Gasteiger partial charge in [-0.1, -0.05) is 25.2 Å². The van der Waals surface area contributed by atoms with Crippen LogP contribution in [0.15, 0.2) is 0 Å². The summed E-state index contributed by atoms with van der Waals surface area (Å²) in [4.78, 5) is 45.1. The second-order valence-electron chi connectivity index (χ2n) is 6.71. The molecule has 0 unspecified atom stereocenters. The molecular formula is C15H20N4O4S. The van der Waals surface area contributed by atoms with Crippen LogP contribution in [0.5, 0.6) is 0 Å². The van der Waals surface area contributed by atoms with E-state index in [4.69, 9.17) is 5.11 Å². The highest BCUT2D eigenvalue weighted by molar-refractivity contribution is 7.16. The third-order valence-electron chi connectivity index (χ3n) is 4.38. The number of hydrogen-bond acceptors (Lipinski definition) is 6. The van der Waals surface area contributed by atoms with E-state index in [-0.39, 0.29) is 18.2 Å². The largest absolute Gasteiger partial charge is 0.465 e. The highest BCUT2D eigenvalue weighted by atomic mass is 32.1. The first-order valence-electron chi connectivity index (χ1n) is 7.78. The summed E-state index contributed by atoms with van der Waals surface area (Å²) in [5.74, 6) is 0.183. The second-order valence-corrected chi connectivity index (χ2v) is 7.89. The minimum absolute atomic E-state index is 0.189. The topological polar surface area (TPSA) is 94.1 Å². The molecule has 3 heterocycles. The van der Waals surface area contributed by atoms with Crippen LogP contribution in [0.4, 0.5) is 15.6 Å². The fourth-order valence-corrected chi connectivity index (χ4v) is 3.97. The highest BCUT2D eigenvalue weighted by Crippen LogP contribution is 2.42. The van der Waals surface area contributed by atoms with Crippen LogP contribution >= 0.6 is 11.3 Å². The van der Waals surface area contributed by atoms with Crippen molar-refractivity contribution in [2.24, 2.45) is 5.41 Å². The number of carbonyl (C=O) groups is 3. The molecule has 9 heteroatoms. The monoisotopic (exact) mass is 352 g/mol. The molecular weight excluding hydrogens is 332 g/mol. The van der Waals surface area contributed by atoms with E-state index < -0.39 is 11.5 Å². The standard InChI is InChI=1S/C15H20N4O4S/c1-9-16-11(17-4-6-18(7-5-17)14(22)23)12(24-9)19-10(20)8-15(2,3)13(19)21/h4-8H2,1-3H3,(H,22,23). The number of anilines is 2. The van der Waals surface area contributed by atoms with Crippen molar-refractivity contribution < 1.29 is 19.5 Å². The Morgan fingerprint density at radius 2 is 1.83 bits per heavy atom. The molecule has 0 bridgehead atoms. The zero-order chi connectivity index (χ0) is 17.6. The van der Waals surface area contributed by atoms with E-state index in [0.29, 0.717) is 37.0 Å². The van der Waals surface area contributed by atoms with Gasteiger partial charge in [-0.25, -0.2) is 14.7 Å². The Kier molecular flexibility index (Phi) is 3.98. The predicted octanol–water partition coefficient (Wildman–Crippen LogP) is 1.54. The van der Waals surface area contributed by atoms with E-state index in [1.807, 2.05) is 11.8 Å². The summed E-state index contributed by atoms with van der Waals surface area (Å²) in [6.45, 7) is 7.10. The number of carbonyl (C=O) groups excluding carboxylic acids is 2. The number of rotatable bonds is 2. The molecule has 130 valence electrons. The molecule has 2 aliphatic rings. The summed E-state index contributed by atoms with van der Waals surface area (Å²) in [5.41, 5.74) is -0.700. The van der Waals surface area contributed by atoms with Crippen LogP contribution in [0.25, 0.3) is 0 Å². The summed E-state index contributed by atoms with van der Waals surface area (Å²) >= 11 is 1.32. The number of imide groups is 1. The molecule has 1 aromatic heterocycles. The highest BCUT2D eigenvalue weighted by Gasteiger charge is 2.47. The molecule has 0 spiro atoms. The van der Waals surface area contributed by atoms with Gasteiger partial charge >= 0.3 is 6.09 Å². The van der Waals surface area contributed by atoms with Crippen molar-refractivity contribution in [3.05, 3.63) is 5.01 Å². The third-order valence-corrected chi connectivity index (χ3v) is 5.32. The number of piperazine rings is 1. The third kappa shape index (κ3) is 2.72. The Labute approximate surface area is 143 Å². The van der Waals surface area contributed by atoms with Crippen molar-refractivity contribution in [3.63, 3.8) is 0 Å². The Balaban J connectivity index is 1.88. The molecule has 2 saturated heterocycles. The molecule has 0 radical (unpaired) electrons. The summed E-state index contributed by atoms with van der Waals surface area (Å²) in [6.07, 6.45) is -0.745. The van der Waals surface area contributed by atoms with E-state index in [1.54, 1.807) is 13.8 Å². The zero-order valence-corrected chi connectivity index (χ0v) is 14.7. The number of hydrogen-bond donors (Lipinski definition) is 1. The van der Waals surface area contributed by atoms with Crippen LogP contribution in [-0.4, -0.2) is 59.1 Å². The summed E-state index contributed by atoms with van der Waals surface area (Å²) in [5, 5.41) is 10.4. The van der Waals surface area contributed by atoms with Crippen molar-refractivity contribution in [3.8, 4) is 0 Å². The summed E-state index contributed by atoms with van der Waals surface area (Å²) in [6, 6.07) is 0. The number of thiazole rings is 1. The van der Waals surface area contributed by atoms with E-state index in [9.17, 15) is 14.4 Å². The first kappa shape index (κ1) is 16.7. The van der Waals surface area contributed by atoms with Gasteiger partial charge in [0.25, 0.3) is 0 Å². The van der Waals surface area contributed by atoms with Crippen LogP contribution < -0.4 is 9.80 Å². The van der Waals surface area contributed by atoms with Gasteiger partial charge in [0.05, 0.1) is 10.4 Å². The maximum Gasteiger partial charge on any atom is 0.407 e. The maximum atomic E-state index is 12.6. The first-order chi connectivity index (χ1) is 11.2. The van der Waals surface area contributed by atoms with E-state index in [1.165, 1.54) is 21.1 Å². The molecule has 0 atom stereocenters. The fourth-order valence-electron chi connectivity index (χ4n) is 3.02. The van der Waals surface area contributed by atoms with Gasteiger partial charge in [0, 0.05) is 32.6 Å². The average molecular weight is 352 g/mol. The van der Waals surface area contributed by atoms with Crippen LogP contribution in [-0.2, 0) is 9.59 Å². The molecule has 0 aliphatic carbocycles. The summed E-state index contributed by atoms with van der Waals surface area (Å²) in [7, 11) is 0. The minimum Gasteiger partial charge on any atom is -0.465 e. The van der Waals surface area contributed by atoms with E-state index in [2.05, 4.69) is 4.98 Å². The number of nitrogens with zero attached hydrogens (tertiary/aromatic N) is 4. The zero-order valence-electron chi connectivity index (χ0n) is 13.9. The van der Waals surface area contributed by atoms with Gasteiger partial charge in [0.15, 0.2) is 5.82 Å². The molecule has 2 aliphatic heterocycles. The average Bonchev–Trinajstić information content (AvgIpc) is 2.96. The van der Waals surface area contributed by atoms with Crippen LogP contribution in [0, 0.1) is 12.3 Å². The summed E-state index contributed by atoms with van der Waals surface area (Å²) < 4.78 is 0. The van der Waals surface area contributed by atoms with Crippen molar-refractivity contribution in [1.82, 2.24) is 9.88 Å². The van der Waals surface area contributed by atoms with Crippen LogP contribution in [0.2, 0.25) is 0 Å². The van der Waals surface area contributed by atoms with Gasteiger partial charge in [-0.2, -0.15) is 0 Å². The Hall–Kier alpha value is -2.16. The van der Waals surface area contributed by atoms with Gasteiger partial charge in [-0.15, -0.1) is 0 Å². The second kappa shape index (κ2) is 5.73. The predicted molar refractivity (Wildman–Crippen MR) is 89.6 cm³/mol. The fraction of sp³-hybridized carbons (Fsp3) is 0.600. The van der Waals surface area contributed by atoms with Crippen molar-refractivity contribution in [2.75, 3.05) is 36.0 Å². The molecule has 1 N–H and O–H groups in total. The minimum atomic E-state index is -0.934. The maximum absolute atomic E-state index is 12.6. The lowest BCUT2D eigenvalue weighted by molar-refractivity contribution is -0.124. The Morgan fingerprint density at radius 1 is 1.21 bits per heavy atom. The quantitative estimate of drug-likeness (QED) is 0.812. The smallest absolute Gasteiger partial charge is 0.407 e. The lowest BCUT2D eigenvalue weighted by atomic mass is 9.92. The lowest BCUT2D eigenvalue weighted by Gasteiger charge is -2.34. The molecule has 0 saturated carbocycles. The van der Waals surface area contributed by atoms with E-state index >= 15 is 0 Å². The van der Waals surface area contributed by atoms with Gasteiger partial charge < -0.3 is 14.9 Å². The molecule has 24 heavy (non-hydrogen) atoms. The van der Waals surface area contributed by atoms with E-state index in [0.717, 1.165) is 5.01 Å². The Morgan fingerprint density at radius 3 is 2.33 bits per heavy atom. The molecule has 2 fully saturated rings.